The number of likely N-dealkylation sites (tertiary alicyclic amines) is 1. The van der Waals surface area contributed by atoms with Crippen LogP contribution in [-0.4, -0.2) is 62.3 Å². The van der Waals surface area contributed by atoms with Crippen LogP contribution in [-0.2, 0) is 4.79 Å². The number of rotatable bonds is 4. The van der Waals surface area contributed by atoms with Crippen molar-refractivity contribution < 1.29 is 14.7 Å². The van der Waals surface area contributed by atoms with E-state index in [0.29, 0.717) is 17.5 Å². The molecule has 3 aliphatic rings. The number of para-hydroxylation sites is 1. The van der Waals surface area contributed by atoms with Crippen molar-refractivity contribution in [3.8, 4) is 5.69 Å². The molecule has 1 aliphatic carbocycles. The number of carbonyl (C=O) groups excluding carboxylic acids is 1. The van der Waals surface area contributed by atoms with Crippen molar-refractivity contribution in [2.75, 3.05) is 24.5 Å². The van der Waals surface area contributed by atoms with Gasteiger partial charge in [0, 0.05) is 38.5 Å². The Morgan fingerprint density at radius 2 is 1.85 bits per heavy atom. The number of carbonyl (C=O) groups is 2. The number of carboxylic acid groups (broad SMARTS) is 1. The van der Waals surface area contributed by atoms with E-state index in [2.05, 4.69) is 9.88 Å². The summed E-state index contributed by atoms with van der Waals surface area (Å²) in [5, 5.41) is 15.9. The molecule has 0 radical (unpaired) electrons. The maximum atomic E-state index is 12.1. The highest BCUT2D eigenvalue weighted by Gasteiger charge is 2.40. The van der Waals surface area contributed by atoms with Crippen LogP contribution in [0.4, 0.5) is 5.69 Å². The summed E-state index contributed by atoms with van der Waals surface area (Å²) in [5.41, 5.74) is 3.49. The zero-order chi connectivity index (χ0) is 23.4. The van der Waals surface area contributed by atoms with Gasteiger partial charge in [-0.25, -0.2) is 14.5 Å². The molecule has 176 valence electrons. The number of hydrogen-bond acceptors (Lipinski definition) is 5. The van der Waals surface area contributed by atoms with Crippen LogP contribution >= 0.6 is 0 Å². The zero-order valence-electron chi connectivity index (χ0n) is 19.4. The molecule has 2 aromatic heterocycles. The summed E-state index contributed by atoms with van der Waals surface area (Å²) < 4.78 is 1.82. The van der Waals surface area contributed by atoms with E-state index >= 15 is 0 Å². The second-order valence-corrected chi connectivity index (χ2v) is 9.85. The highest BCUT2D eigenvalue weighted by molar-refractivity contribution is 5.98. The summed E-state index contributed by atoms with van der Waals surface area (Å²) in [5.74, 6) is -0.115. The van der Waals surface area contributed by atoms with Crippen LogP contribution in [0, 0.1) is 5.92 Å². The molecule has 2 atom stereocenters. The van der Waals surface area contributed by atoms with Gasteiger partial charge in [-0.1, -0.05) is 24.6 Å². The van der Waals surface area contributed by atoms with E-state index in [1.807, 2.05) is 39.9 Å². The third-order valence-corrected chi connectivity index (χ3v) is 7.94. The lowest BCUT2D eigenvalue weighted by Crippen LogP contribution is -2.47. The molecule has 3 aromatic rings. The Kier molecular flexibility index (Phi) is 5.04. The average Bonchev–Trinajstić information content (AvgIpc) is 3.39. The van der Waals surface area contributed by atoms with Crippen LogP contribution < -0.4 is 4.90 Å². The van der Waals surface area contributed by atoms with Crippen molar-refractivity contribution in [3.05, 3.63) is 47.8 Å². The number of amides is 1. The Morgan fingerprint density at radius 3 is 2.53 bits per heavy atom. The Morgan fingerprint density at radius 1 is 1.06 bits per heavy atom. The Labute approximate surface area is 198 Å². The van der Waals surface area contributed by atoms with E-state index in [9.17, 15) is 14.7 Å². The van der Waals surface area contributed by atoms with Crippen LogP contribution in [0.15, 0.2) is 36.4 Å². The van der Waals surface area contributed by atoms with Crippen molar-refractivity contribution in [2.24, 2.45) is 5.92 Å². The first kappa shape index (κ1) is 21.1. The topological polar surface area (TPSA) is 91.6 Å². The number of pyridine rings is 1. The van der Waals surface area contributed by atoms with Gasteiger partial charge in [-0.2, -0.15) is 5.10 Å². The van der Waals surface area contributed by atoms with E-state index in [4.69, 9.17) is 5.10 Å². The number of anilines is 1. The number of carboxylic acids is 1. The van der Waals surface area contributed by atoms with Crippen molar-refractivity contribution in [3.63, 3.8) is 0 Å². The van der Waals surface area contributed by atoms with Gasteiger partial charge in [0.05, 0.1) is 22.5 Å². The van der Waals surface area contributed by atoms with E-state index in [-0.39, 0.29) is 17.6 Å². The molecule has 8 heteroatoms. The predicted molar refractivity (Wildman–Crippen MR) is 129 cm³/mol. The van der Waals surface area contributed by atoms with Crippen molar-refractivity contribution >= 4 is 28.6 Å². The number of piperidine rings is 1. The molecular formula is C26H29N5O3. The molecule has 1 aromatic carbocycles. The minimum absolute atomic E-state index is 0.0404. The van der Waals surface area contributed by atoms with Gasteiger partial charge in [0.15, 0.2) is 11.3 Å². The van der Waals surface area contributed by atoms with E-state index in [1.54, 1.807) is 13.0 Å². The number of nitrogens with zero attached hydrogens (tertiary/aromatic N) is 5. The molecule has 8 nitrogen and oxygen atoms in total. The maximum absolute atomic E-state index is 12.1. The van der Waals surface area contributed by atoms with Gasteiger partial charge >= 0.3 is 5.97 Å². The molecule has 2 saturated heterocycles. The molecule has 3 fully saturated rings. The summed E-state index contributed by atoms with van der Waals surface area (Å²) in [4.78, 5) is 33.1. The SMILES string of the molecule is CC(=O)N1CCC2CN(c3cc(C(=O)O)nc4c3c(C3CCC3)nn4-c3ccccc3)CC[C@@H]21. The van der Waals surface area contributed by atoms with E-state index < -0.39 is 5.97 Å². The molecule has 1 unspecified atom stereocenters. The number of fused-ring (bicyclic) bond motifs is 2. The molecule has 1 amide bonds. The van der Waals surface area contributed by atoms with E-state index in [0.717, 1.165) is 67.8 Å². The zero-order valence-corrected chi connectivity index (χ0v) is 19.4. The maximum Gasteiger partial charge on any atom is 0.354 e. The Hall–Kier alpha value is -3.42. The number of aromatic nitrogens is 3. The summed E-state index contributed by atoms with van der Waals surface area (Å²) >= 11 is 0. The number of benzene rings is 1. The molecule has 0 spiro atoms. The predicted octanol–water partition coefficient (Wildman–Crippen LogP) is 3.83. The average molecular weight is 460 g/mol. The summed E-state index contributed by atoms with van der Waals surface area (Å²) in [6.45, 7) is 4.06. The second kappa shape index (κ2) is 8.11. The van der Waals surface area contributed by atoms with Gasteiger partial charge in [0.1, 0.15) is 0 Å². The smallest absolute Gasteiger partial charge is 0.354 e. The van der Waals surface area contributed by atoms with Crippen LogP contribution in [0.25, 0.3) is 16.7 Å². The van der Waals surface area contributed by atoms with E-state index in [1.165, 1.54) is 6.42 Å². The minimum atomic E-state index is -1.03. The third kappa shape index (κ3) is 3.35. The van der Waals surface area contributed by atoms with Crippen molar-refractivity contribution in [1.29, 1.82) is 0 Å². The van der Waals surface area contributed by atoms with Crippen LogP contribution in [0.3, 0.4) is 0 Å². The van der Waals surface area contributed by atoms with Gasteiger partial charge in [-0.05, 0) is 49.8 Å². The first-order valence-corrected chi connectivity index (χ1v) is 12.3. The summed E-state index contributed by atoms with van der Waals surface area (Å²) in [6, 6.07) is 11.8. The van der Waals surface area contributed by atoms with Gasteiger partial charge in [0.25, 0.3) is 0 Å². The highest BCUT2D eigenvalue weighted by Crippen LogP contribution is 2.44. The normalized spacial score (nSPS) is 22.6. The molecule has 34 heavy (non-hydrogen) atoms. The monoisotopic (exact) mass is 459 g/mol. The van der Waals surface area contributed by atoms with Gasteiger partial charge in [-0.15, -0.1) is 0 Å². The Bertz CT molecular complexity index is 1270. The third-order valence-electron chi connectivity index (χ3n) is 7.94. The van der Waals surface area contributed by atoms with Crippen molar-refractivity contribution in [2.45, 2.75) is 51.0 Å². The lowest BCUT2D eigenvalue weighted by atomic mass is 9.81. The molecule has 6 rings (SSSR count). The van der Waals surface area contributed by atoms with Gasteiger partial charge in [-0.3, -0.25) is 4.79 Å². The van der Waals surface area contributed by atoms with Crippen LogP contribution in [0.5, 0.6) is 0 Å². The number of aromatic carboxylic acids is 1. The minimum Gasteiger partial charge on any atom is -0.477 e. The lowest BCUT2D eigenvalue weighted by molar-refractivity contribution is -0.130. The van der Waals surface area contributed by atoms with Crippen LogP contribution in [0.1, 0.15) is 61.1 Å². The largest absolute Gasteiger partial charge is 0.477 e. The molecule has 2 aliphatic heterocycles. The molecule has 1 N–H and O–H groups in total. The molecule has 1 saturated carbocycles. The lowest BCUT2D eigenvalue weighted by Gasteiger charge is -2.39. The first-order valence-electron chi connectivity index (χ1n) is 12.3. The standard InChI is InChI=1S/C26H29N5O3/c1-16(32)30-13-10-18-15-29(12-11-21(18)30)22-14-20(26(33)34)27-25-23(22)24(17-6-5-7-17)28-31(25)19-8-3-2-4-9-19/h2-4,8-9,14,17-18,21H,5-7,10-13,15H2,1H3,(H,33,34)/t18?,21-/m0/s1. The first-order chi connectivity index (χ1) is 16.5. The van der Waals surface area contributed by atoms with Gasteiger partial charge < -0.3 is 14.9 Å². The molecule has 4 heterocycles. The molecule has 0 bridgehead atoms. The highest BCUT2D eigenvalue weighted by atomic mass is 16.4. The summed E-state index contributed by atoms with van der Waals surface area (Å²) in [7, 11) is 0. The number of hydrogen-bond donors (Lipinski definition) is 1. The fourth-order valence-corrected chi connectivity index (χ4v) is 5.99. The van der Waals surface area contributed by atoms with Gasteiger partial charge in [0.2, 0.25) is 5.91 Å². The molecular weight excluding hydrogens is 430 g/mol. The quantitative estimate of drug-likeness (QED) is 0.638. The summed E-state index contributed by atoms with van der Waals surface area (Å²) in [6.07, 6.45) is 5.26. The fourth-order valence-electron chi connectivity index (χ4n) is 5.99. The van der Waals surface area contributed by atoms with Crippen LogP contribution in [0.2, 0.25) is 0 Å². The second-order valence-electron chi connectivity index (χ2n) is 9.85. The Balaban J connectivity index is 1.49. The fraction of sp³-hybridized carbons (Fsp3) is 0.462. The van der Waals surface area contributed by atoms with Crippen molar-refractivity contribution in [1.82, 2.24) is 19.7 Å².